The van der Waals surface area contributed by atoms with Crippen molar-refractivity contribution in [1.82, 2.24) is 5.32 Å². The maximum atomic E-state index is 12.8. The van der Waals surface area contributed by atoms with Gasteiger partial charge in [-0.15, -0.1) is 0 Å². The lowest BCUT2D eigenvalue weighted by Crippen LogP contribution is -2.24. The first-order chi connectivity index (χ1) is 7.63. The highest BCUT2D eigenvalue weighted by Gasteiger charge is 2.07. The van der Waals surface area contributed by atoms with Crippen molar-refractivity contribution in [3.63, 3.8) is 0 Å². The molecule has 1 amide bonds. The Labute approximate surface area is 93.0 Å². The largest absolute Gasteiger partial charge is 0.352 e. The molecule has 4 heteroatoms. The van der Waals surface area contributed by atoms with Crippen molar-refractivity contribution in [2.45, 2.75) is 13.3 Å². The molecule has 1 aromatic carbocycles. The number of amides is 1. The van der Waals surface area contributed by atoms with Gasteiger partial charge in [0.15, 0.2) is 0 Å². The van der Waals surface area contributed by atoms with Crippen LogP contribution in [0.4, 0.5) is 8.78 Å². The Kier molecular flexibility index (Phi) is 4.64. The molecule has 0 spiro atoms. The SMILES string of the molecule is C/C=C/CCNC(=O)c1cc(F)cc(F)c1. The Bertz CT molecular complexity index is 382. The first-order valence-electron chi connectivity index (χ1n) is 4.99. The molecule has 0 aromatic heterocycles. The number of halogens is 2. The minimum atomic E-state index is -0.751. The van der Waals surface area contributed by atoms with Crippen molar-refractivity contribution in [2.75, 3.05) is 6.54 Å². The van der Waals surface area contributed by atoms with E-state index >= 15 is 0 Å². The zero-order valence-corrected chi connectivity index (χ0v) is 8.97. The van der Waals surface area contributed by atoms with Crippen molar-refractivity contribution < 1.29 is 13.6 Å². The standard InChI is InChI=1S/C12H13F2NO/c1-2-3-4-5-15-12(16)9-6-10(13)8-11(14)7-9/h2-3,6-8H,4-5H2,1H3,(H,15,16)/b3-2+. The molecule has 0 radical (unpaired) electrons. The lowest BCUT2D eigenvalue weighted by Gasteiger charge is -2.03. The van der Waals surface area contributed by atoms with Crippen LogP contribution in [0.5, 0.6) is 0 Å². The van der Waals surface area contributed by atoms with Gasteiger partial charge in [0.25, 0.3) is 5.91 Å². The van der Waals surface area contributed by atoms with E-state index in [1.54, 1.807) is 0 Å². The van der Waals surface area contributed by atoms with Gasteiger partial charge in [0, 0.05) is 18.2 Å². The molecule has 0 unspecified atom stereocenters. The molecule has 0 atom stereocenters. The average Bonchev–Trinajstić information content (AvgIpc) is 2.22. The second-order valence-electron chi connectivity index (χ2n) is 3.27. The third-order valence-corrected chi connectivity index (χ3v) is 1.96. The van der Waals surface area contributed by atoms with Crippen molar-refractivity contribution >= 4 is 5.91 Å². The maximum absolute atomic E-state index is 12.8. The zero-order valence-electron chi connectivity index (χ0n) is 8.97. The molecule has 0 heterocycles. The molecule has 2 nitrogen and oxygen atoms in total. The fraction of sp³-hybridized carbons (Fsp3) is 0.250. The summed E-state index contributed by atoms with van der Waals surface area (Å²) < 4.78 is 25.6. The van der Waals surface area contributed by atoms with Gasteiger partial charge in [-0.3, -0.25) is 4.79 Å². The van der Waals surface area contributed by atoms with Crippen LogP contribution in [0.2, 0.25) is 0 Å². The molecule has 0 fully saturated rings. The van der Waals surface area contributed by atoms with Crippen LogP contribution in [0.25, 0.3) is 0 Å². The number of benzene rings is 1. The third kappa shape index (κ3) is 3.81. The van der Waals surface area contributed by atoms with Gasteiger partial charge < -0.3 is 5.32 Å². The normalized spacial score (nSPS) is 10.7. The maximum Gasteiger partial charge on any atom is 0.251 e. The van der Waals surface area contributed by atoms with Crippen LogP contribution in [0.1, 0.15) is 23.7 Å². The summed E-state index contributed by atoms with van der Waals surface area (Å²) in [5, 5.41) is 2.56. The van der Waals surface area contributed by atoms with E-state index in [1.807, 2.05) is 19.1 Å². The second kappa shape index (κ2) is 6.00. The first kappa shape index (κ1) is 12.4. The smallest absolute Gasteiger partial charge is 0.251 e. The van der Waals surface area contributed by atoms with E-state index < -0.39 is 17.5 Å². The monoisotopic (exact) mass is 225 g/mol. The van der Waals surface area contributed by atoms with Crippen molar-refractivity contribution in [2.24, 2.45) is 0 Å². The van der Waals surface area contributed by atoms with Crippen LogP contribution in [0.15, 0.2) is 30.4 Å². The number of hydrogen-bond donors (Lipinski definition) is 1. The lowest BCUT2D eigenvalue weighted by molar-refractivity contribution is 0.0953. The molecule has 0 saturated heterocycles. The van der Waals surface area contributed by atoms with Gasteiger partial charge in [-0.2, -0.15) is 0 Å². The van der Waals surface area contributed by atoms with Gasteiger partial charge >= 0.3 is 0 Å². The fourth-order valence-corrected chi connectivity index (χ4v) is 1.22. The minimum absolute atomic E-state index is 0.00187. The van der Waals surface area contributed by atoms with E-state index in [2.05, 4.69) is 5.32 Å². The number of carbonyl (C=O) groups is 1. The van der Waals surface area contributed by atoms with Gasteiger partial charge in [0.05, 0.1) is 0 Å². The van der Waals surface area contributed by atoms with E-state index in [9.17, 15) is 13.6 Å². The van der Waals surface area contributed by atoms with Crippen LogP contribution in [0, 0.1) is 11.6 Å². The predicted octanol–water partition coefficient (Wildman–Crippen LogP) is 2.66. The molecule has 1 aromatic rings. The summed E-state index contributed by atoms with van der Waals surface area (Å²) >= 11 is 0. The molecule has 0 aliphatic carbocycles. The van der Waals surface area contributed by atoms with Gasteiger partial charge in [-0.25, -0.2) is 8.78 Å². The molecular formula is C12H13F2NO. The second-order valence-corrected chi connectivity index (χ2v) is 3.27. The van der Waals surface area contributed by atoms with E-state index in [-0.39, 0.29) is 5.56 Å². The highest BCUT2D eigenvalue weighted by Crippen LogP contribution is 2.07. The lowest BCUT2D eigenvalue weighted by atomic mass is 10.2. The van der Waals surface area contributed by atoms with Crippen LogP contribution in [-0.4, -0.2) is 12.5 Å². The number of rotatable bonds is 4. The van der Waals surface area contributed by atoms with E-state index in [4.69, 9.17) is 0 Å². The fourth-order valence-electron chi connectivity index (χ4n) is 1.22. The van der Waals surface area contributed by atoms with E-state index in [0.717, 1.165) is 18.2 Å². The third-order valence-electron chi connectivity index (χ3n) is 1.96. The molecule has 86 valence electrons. The highest BCUT2D eigenvalue weighted by molar-refractivity contribution is 5.94. The summed E-state index contributed by atoms with van der Waals surface area (Å²) in [6.45, 7) is 2.32. The van der Waals surface area contributed by atoms with E-state index in [1.165, 1.54) is 0 Å². The van der Waals surface area contributed by atoms with Crippen molar-refractivity contribution in [3.8, 4) is 0 Å². The predicted molar refractivity (Wildman–Crippen MR) is 58.1 cm³/mol. The van der Waals surface area contributed by atoms with Crippen molar-refractivity contribution in [3.05, 3.63) is 47.5 Å². The molecule has 1 rings (SSSR count). The summed E-state index contributed by atoms with van der Waals surface area (Å²) in [7, 11) is 0. The molecule has 0 bridgehead atoms. The summed E-state index contributed by atoms with van der Waals surface area (Å²) in [5.41, 5.74) is -0.00187. The number of nitrogens with one attached hydrogen (secondary N) is 1. The molecular weight excluding hydrogens is 212 g/mol. The Morgan fingerprint density at radius 1 is 1.31 bits per heavy atom. The summed E-state index contributed by atoms with van der Waals surface area (Å²) in [5.74, 6) is -1.97. The summed E-state index contributed by atoms with van der Waals surface area (Å²) in [6, 6.07) is 2.75. The minimum Gasteiger partial charge on any atom is -0.352 e. The van der Waals surface area contributed by atoms with Crippen molar-refractivity contribution in [1.29, 1.82) is 0 Å². The van der Waals surface area contributed by atoms with Gasteiger partial charge in [-0.05, 0) is 25.5 Å². The Morgan fingerprint density at radius 3 is 2.50 bits per heavy atom. The molecule has 0 aliphatic rings. The highest BCUT2D eigenvalue weighted by atomic mass is 19.1. The molecule has 0 saturated carbocycles. The van der Waals surface area contributed by atoms with Gasteiger partial charge in [0.2, 0.25) is 0 Å². The van der Waals surface area contributed by atoms with Crippen LogP contribution in [0.3, 0.4) is 0 Å². The van der Waals surface area contributed by atoms with Gasteiger partial charge in [-0.1, -0.05) is 12.2 Å². The first-order valence-corrected chi connectivity index (χ1v) is 4.99. The number of allylic oxidation sites excluding steroid dienone is 1. The molecule has 0 aliphatic heterocycles. The van der Waals surface area contributed by atoms with Gasteiger partial charge in [0.1, 0.15) is 11.6 Å². The Hall–Kier alpha value is -1.71. The number of hydrogen-bond acceptors (Lipinski definition) is 1. The molecule has 1 N–H and O–H groups in total. The number of carbonyl (C=O) groups excluding carboxylic acids is 1. The summed E-state index contributed by atoms with van der Waals surface area (Å²) in [6.07, 6.45) is 4.46. The average molecular weight is 225 g/mol. The Morgan fingerprint density at radius 2 is 1.94 bits per heavy atom. The van der Waals surface area contributed by atoms with Crippen LogP contribution >= 0.6 is 0 Å². The quantitative estimate of drug-likeness (QED) is 0.619. The Balaban J connectivity index is 2.59. The van der Waals surface area contributed by atoms with Crippen LogP contribution < -0.4 is 5.32 Å². The van der Waals surface area contributed by atoms with Crippen LogP contribution in [-0.2, 0) is 0 Å². The molecule has 16 heavy (non-hydrogen) atoms. The summed E-state index contributed by atoms with van der Waals surface area (Å²) in [4.78, 5) is 11.4. The van der Waals surface area contributed by atoms with E-state index in [0.29, 0.717) is 13.0 Å². The topological polar surface area (TPSA) is 29.1 Å². The zero-order chi connectivity index (χ0) is 12.0.